The lowest BCUT2D eigenvalue weighted by molar-refractivity contribution is 0.197. The van der Waals surface area contributed by atoms with Crippen LogP contribution in [-0.4, -0.2) is 57.9 Å². The Bertz CT molecular complexity index is 975. The minimum Gasteiger partial charge on any atom is -0.494 e. The first-order chi connectivity index (χ1) is 15.8. The lowest BCUT2D eigenvalue weighted by atomic mass is 10.0. The van der Waals surface area contributed by atoms with Gasteiger partial charge in [0.05, 0.1) is 18.7 Å². The summed E-state index contributed by atoms with van der Waals surface area (Å²) in [5, 5.41) is 13.1. The molecule has 168 valence electrons. The van der Waals surface area contributed by atoms with E-state index < -0.39 is 0 Å². The molecule has 1 aromatic heterocycles. The van der Waals surface area contributed by atoms with Crippen LogP contribution in [0.25, 0.3) is 0 Å². The van der Waals surface area contributed by atoms with Gasteiger partial charge in [0.1, 0.15) is 5.75 Å². The Balaban J connectivity index is 1.42. The number of aromatic nitrogens is 4. The Kier molecular flexibility index (Phi) is 6.34. The summed E-state index contributed by atoms with van der Waals surface area (Å²) in [4.78, 5) is 5.00. The van der Waals surface area contributed by atoms with E-state index in [4.69, 9.17) is 4.74 Å². The van der Waals surface area contributed by atoms with Crippen molar-refractivity contribution in [3.63, 3.8) is 0 Å². The molecule has 1 saturated heterocycles. The molecule has 32 heavy (non-hydrogen) atoms. The first-order valence-corrected chi connectivity index (χ1v) is 11.9. The van der Waals surface area contributed by atoms with Crippen LogP contribution >= 0.6 is 0 Å². The average Bonchev–Trinajstić information content (AvgIpc) is 3.54. The Morgan fingerprint density at radius 1 is 0.938 bits per heavy atom. The maximum absolute atomic E-state index is 5.68. The predicted octanol–water partition coefficient (Wildman–Crippen LogP) is 4.10. The maximum atomic E-state index is 5.68. The molecule has 7 nitrogen and oxygen atoms in total. The number of hydrogen-bond donors (Lipinski definition) is 0. The molecule has 1 atom stereocenters. The molecule has 1 unspecified atom stereocenters. The van der Waals surface area contributed by atoms with E-state index in [-0.39, 0.29) is 6.04 Å². The highest BCUT2D eigenvalue weighted by Gasteiger charge is 2.33. The summed E-state index contributed by atoms with van der Waals surface area (Å²) in [5.74, 6) is 1.87. The topological polar surface area (TPSA) is 59.3 Å². The van der Waals surface area contributed by atoms with Gasteiger partial charge >= 0.3 is 0 Å². The second kappa shape index (κ2) is 9.69. The van der Waals surface area contributed by atoms with Crippen molar-refractivity contribution in [1.82, 2.24) is 25.1 Å². The molecule has 1 aliphatic carbocycles. The molecule has 0 spiro atoms. The summed E-state index contributed by atoms with van der Waals surface area (Å²) in [7, 11) is 0. The number of tetrazole rings is 1. The summed E-state index contributed by atoms with van der Waals surface area (Å²) in [6.45, 7) is 6.59. The quantitative estimate of drug-likeness (QED) is 0.560. The fourth-order valence-corrected chi connectivity index (χ4v) is 5.10. The van der Waals surface area contributed by atoms with Crippen LogP contribution in [0.5, 0.6) is 5.75 Å². The van der Waals surface area contributed by atoms with Gasteiger partial charge in [-0.1, -0.05) is 43.2 Å². The number of para-hydroxylation sites is 1. The van der Waals surface area contributed by atoms with E-state index >= 15 is 0 Å². The number of nitrogens with zero attached hydrogens (tertiary/aromatic N) is 6. The molecule has 2 heterocycles. The molecule has 2 fully saturated rings. The van der Waals surface area contributed by atoms with E-state index in [9.17, 15) is 0 Å². The normalized spacial score (nSPS) is 18.7. The predicted molar refractivity (Wildman–Crippen MR) is 125 cm³/mol. The molecule has 0 amide bonds. The summed E-state index contributed by atoms with van der Waals surface area (Å²) in [6, 6.07) is 19.6. The SMILES string of the molecule is CCOc1ccc(C(c2nnnn2C2CCCC2)N2CCN(c3ccccc3)CC2)cc1. The molecule has 0 radical (unpaired) electrons. The molecule has 7 heteroatoms. The first-order valence-electron chi connectivity index (χ1n) is 11.9. The van der Waals surface area contributed by atoms with E-state index in [1.807, 2.05) is 6.92 Å². The van der Waals surface area contributed by atoms with Gasteiger partial charge in [-0.25, -0.2) is 4.68 Å². The maximum Gasteiger partial charge on any atom is 0.173 e. The van der Waals surface area contributed by atoms with Crippen molar-refractivity contribution in [1.29, 1.82) is 0 Å². The molecule has 3 aromatic rings. The molecule has 0 bridgehead atoms. The number of benzene rings is 2. The van der Waals surface area contributed by atoms with Gasteiger partial charge in [-0.15, -0.1) is 5.10 Å². The van der Waals surface area contributed by atoms with Crippen LogP contribution < -0.4 is 9.64 Å². The van der Waals surface area contributed by atoms with Crippen molar-refractivity contribution in [2.24, 2.45) is 0 Å². The lowest BCUT2D eigenvalue weighted by Crippen LogP contribution is -2.48. The van der Waals surface area contributed by atoms with Gasteiger partial charge in [0.15, 0.2) is 5.82 Å². The zero-order chi connectivity index (χ0) is 21.8. The van der Waals surface area contributed by atoms with Crippen LogP contribution in [0.2, 0.25) is 0 Å². The summed E-state index contributed by atoms with van der Waals surface area (Å²) >= 11 is 0. The average molecular weight is 433 g/mol. The van der Waals surface area contributed by atoms with Crippen molar-refractivity contribution in [2.45, 2.75) is 44.7 Å². The minimum absolute atomic E-state index is 0.0409. The second-order valence-corrected chi connectivity index (χ2v) is 8.68. The number of anilines is 1. The lowest BCUT2D eigenvalue weighted by Gasteiger charge is -2.40. The smallest absolute Gasteiger partial charge is 0.173 e. The van der Waals surface area contributed by atoms with Gasteiger partial charge in [-0.3, -0.25) is 4.90 Å². The van der Waals surface area contributed by atoms with Gasteiger partial charge in [0.2, 0.25) is 0 Å². The highest BCUT2D eigenvalue weighted by Crippen LogP contribution is 2.35. The Morgan fingerprint density at radius 3 is 2.34 bits per heavy atom. The molecule has 5 rings (SSSR count). The Labute approximate surface area is 190 Å². The number of piperazine rings is 1. The van der Waals surface area contributed by atoms with Gasteiger partial charge in [0, 0.05) is 31.9 Å². The van der Waals surface area contributed by atoms with Gasteiger partial charge < -0.3 is 9.64 Å². The highest BCUT2D eigenvalue weighted by atomic mass is 16.5. The van der Waals surface area contributed by atoms with Crippen LogP contribution in [0.3, 0.4) is 0 Å². The van der Waals surface area contributed by atoms with Crippen molar-refractivity contribution in [3.05, 3.63) is 66.0 Å². The van der Waals surface area contributed by atoms with Crippen LogP contribution in [0, 0.1) is 0 Å². The van der Waals surface area contributed by atoms with Crippen LogP contribution in [0.4, 0.5) is 5.69 Å². The van der Waals surface area contributed by atoms with Gasteiger partial charge in [0.25, 0.3) is 0 Å². The largest absolute Gasteiger partial charge is 0.494 e. The van der Waals surface area contributed by atoms with Crippen LogP contribution in [-0.2, 0) is 0 Å². The van der Waals surface area contributed by atoms with E-state index in [1.54, 1.807) is 0 Å². The zero-order valence-corrected chi connectivity index (χ0v) is 18.8. The zero-order valence-electron chi connectivity index (χ0n) is 18.8. The Morgan fingerprint density at radius 2 is 1.66 bits per heavy atom. The molecule has 1 saturated carbocycles. The van der Waals surface area contributed by atoms with E-state index in [0.29, 0.717) is 12.6 Å². The van der Waals surface area contributed by atoms with E-state index in [0.717, 1.165) is 50.6 Å². The second-order valence-electron chi connectivity index (χ2n) is 8.68. The number of ether oxygens (including phenoxy) is 1. The fourth-order valence-electron chi connectivity index (χ4n) is 5.10. The van der Waals surface area contributed by atoms with Crippen molar-refractivity contribution in [3.8, 4) is 5.75 Å². The standard InChI is InChI=1S/C25H32N6O/c1-2-32-23-14-12-20(13-15-23)24(25-26-27-28-31(25)22-10-6-7-11-22)30-18-16-29(17-19-30)21-8-4-3-5-9-21/h3-5,8-9,12-15,22,24H,2,6-7,10-11,16-19H2,1H3. The summed E-state index contributed by atoms with van der Waals surface area (Å²) in [5.41, 5.74) is 2.51. The van der Waals surface area contributed by atoms with E-state index in [1.165, 1.54) is 24.1 Å². The fraction of sp³-hybridized carbons (Fsp3) is 0.480. The van der Waals surface area contributed by atoms with Gasteiger partial charge in [-0.05, 0) is 60.0 Å². The molecule has 0 N–H and O–H groups in total. The summed E-state index contributed by atoms with van der Waals surface area (Å²) in [6.07, 6.45) is 4.84. The number of rotatable bonds is 7. The monoisotopic (exact) mass is 432 g/mol. The first kappa shape index (κ1) is 20.9. The Hall–Kier alpha value is -2.93. The molecular weight excluding hydrogens is 400 g/mol. The molecule has 1 aliphatic heterocycles. The molecular formula is C25H32N6O. The van der Waals surface area contributed by atoms with Gasteiger partial charge in [-0.2, -0.15) is 0 Å². The number of hydrogen-bond acceptors (Lipinski definition) is 6. The molecule has 2 aromatic carbocycles. The van der Waals surface area contributed by atoms with Crippen molar-refractivity contribution >= 4 is 5.69 Å². The highest BCUT2D eigenvalue weighted by molar-refractivity contribution is 5.46. The minimum atomic E-state index is 0.0409. The van der Waals surface area contributed by atoms with Crippen molar-refractivity contribution in [2.75, 3.05) is 37.7 Å². The van der Waals surface area contributed by atoms with E-state index in [2.05, 4.69) is 84.6 Å². The third-order valence-corrected chi connectivity index (χ3v) is 6.74. The molecule has 2 aliphatic rings. The third kappa shape index (κ3) is 4.35. The van der Waals surface area contributed by atoms with Crippen molar-refractivity contribution < 1.29 is 4.74 Å². The summed E-state index contributed by atoms with van der Waals surface area (Å²) < 4.78 is 7.79. The van der Waals surface area contributed by atoms with Crippen LogP contribution in [0.1, 0.15) is 56.1 Å². The third-order valence-electron chi connectivity index (χ3n) is 6.74. The van der Waals surface area contributed by atoms with Crippen LogP contribution in [0.15, 0.2) is 54.6 Å².